The van der Waals surface area contributed by atoms with Crippen molar-refractivity contribution in [2.24, 2.45) is 0 Å². The van der Waals surface area contributed by atoms with Gasteiger partial charge in [0.2, 0.25) is 10.0 Å². The van der Waals surface area contributed by atoms with E-state index in [1.54, 1.807) is 17.0 Å². The van der Waals surface area contributed by atoms with E-state index in [9.17, 15) is 17.6 Å². The Kier molecular flexibility index (Phi) is 6.46. The molecule has 4 rings (SSSR count). The average Bonchev–Trinajstić information content (AvgIpc) is 2.79. The molecule has 3 aromatic carbocycles. The molecule has 1 amide bonds. The molecule has 3 aromatic rings. The standard InChI is InChI=1S/C24H22BrFN2O3S/c1-27(32(30,31)20-11-9-19(25)10-12-20)16-17-8-13-22(26)21(15-17)24(29)28-14-4-6-18-5-2-3-7-23(18)28/h2-3,5,7-13,15H,4,6,14,16H2,1H3. The molecule has 0 aliphatic carbocycles. The number of fused-ring (bicyclic) bond motifs is 1. The predicted octanol–water partition coefficient (Wildman–Crippen LogP) is 5.00. The number of halogens is 2. The Labute approximate surface area is 195 Å². The highest BCUT2D eigenvalue weighted by Gasteiger charge is 2.26. The molecular weight excluding hydrogens is 495 g/mol. The molecule has 0 spiro atoms. The summed E-state index contributed by atoms with van der Waals surface area (Å²) in [7, 11) is -2.27. The number of carbonyl (C=O) groups is 1. The van der Waals surface area contributed by atoms with Crippen LogP contribution in [0.15, 0.2) is 76.1 Å². The number of benzene rings is 3. The highest BCUT2D eigenvalue weighted by atomic mass is 79.9. The summed E-state index contributed by atoms with van der Waals surface area (Å²) >= 11 is 3.29. The average molecular weight is 517 g/mol. The predicted molar refractivity (Wildman–Crippen MR) is 126 cm³/mol. The number of amides is 1. The number of rotatable bonds is 5. The van der Waals surface area contributed by atoms with Gasteiger partial charge in [-0.25, -0.2) is 12.8 Å². The van der Waals surface area contributed by atoms with Gasteiger partial charge in [0.25, 0.3) is 5.91 Å². The SMILES string of the molecule is CN(Cc1ccc(F)c(C(=O)N2CCCc3ccccc32)c1)S(=O)(=O)c1ccc(Br)cc1. The van der Waals surface area contributed by atoms with Crippen LogP contribution in [0, 0.1) is 5.82 Å². The van der Waals surface area contributed by atoms with E-state index in [-0.39, 0.29) is 17.0 Å². The highest BCUT2D eigenvalue weighted by Crippen LogP contribution is 2.29. The van der Waals surface area contributed by atoms with Gasteiger partial charge in [0.05, 0.1) is 10.5 Å². The summed E-state index contributed by atoms with van der Waals surface area (Å²) in [6, 6.07) is 18.2. The second-order valence-corrected chi connectivity index (χ2v) is 10.7. The normalized spacial score (nSPS) is 13.8. The lowest BCUT2D eigenvalue weighted by atomic mass is 10.0. The molecule has 5 nitrogen and oxygen atoms in total. The first-order chi connectivity index (χ1) is 15.3. The topological polar surface area (TPSA) is 57.7 Å². The van der Waals surface area contributed by atoms with Crippen LogP contribution in [0.1, 0.15) is 27.9 Å². The molecule has 0 saturated heterocycles. The third-order valence-electron chi connectivity index (χ3n) is 5.54. The summed E-state index contributed by atoms with van der Waals surface area (Å²) in [5.74, 6) is -1.05. The zero-order chi connectivity index (χ0) is 22.9. The molecular formula is C24H22BrFN2O3S. The van der Waals surface area contributed by atoms with Gasteiger partial charge in [0.1, 0.15) is 5.82 Å². The van der Waals surface area contributed by atoms with Gasteiger partial charge < -0.3 is 4.90 Å². The van der Waals surface area contributed by atoms with Crippen LogP contribution in [0.25, 0.3) is 0 Å². The van der Waals surface area contributed by atoms with Crippen molar-refractivity contribution >= 4 is 37.5 Å². The lowest BCUT2D eigenvalue weighted by Gasteiger charge is -2.29. The fourth-order valence-corrected chi connectivity index (χ4v) is 5.28. The zero-order valence-corrected chi connectivity index (χ0v) is 19.9. The Hall–Kier alpha value is -2.55. The maximum atomic E-state index is 14.6. The number of hydrogen-bond acceptors (Lipinski definition) is 3. The first-order valence-electron chi connectivity index (χ1n) is 10.2. The van der Waals surface area contributed by atoms with Crippen LogP contribution in [-0.2, 0) is 23.0 Å². The van der Waals surface area contributed by atoms with E-state index in [4.69, 9.17) is 0 Å². The number of aryl methyl sites for hydroxylation is 1. The summed E-state index contributed by atoms with van der Waals surface area (Å²) in [6.45, 7) is 0.521. The van der Waals surface area contributed by atoms with Crippen molar-refractivity contribution in [3.05, 3.63) is 93.7 Å². The van der Waals surface area contributed by atoms with Gasteiger partial charge >= 0.3 is 0 Å². The maximum absolute atomic E-state index is 14.6. The smallest absolute Gasteiger partial charge is 0.261 e. The molecule has 32 heavy (non-hydrogen) atoms. The van der Waals surface area contributed by atoms with Gasteiger partial charge in [-0.05, 0) is 66.4 Å². The Morgan fingerprint density at radius 2 is 1.81 bits per heavy atom. The molecule has 0 unspecified atom stereocenters. The fourth-order valence-electron chi connectivity index (χ4n) is 3.85. The lowest BCUT2D eigenvalue weighted by molar-refractivity contribution is 0.0981. The Bertz CT molecular complexity index is 1260. The second-order valence-electron chi connectivity index (χ2n) is 7.72. The minimum Gasteiger partial charge on any atom is -0.308 e. The summed E-state index contributed by atoms with van der Waals surface area (Å²) in [4.78, 5) is 15.0. The maximum Gasteiger partial charge on any atom is 0.261 e. The number of carbonyl (C=O) groups excluding carboxylic acids is 1. The van der Waals surface area contributed by atoms with Crippen molar-refractivity contribution in [2.75, 3.05) is 18.5 Å². The van der Waals surface area contributed by atoms with E-state index in [1.165, 1.54) is 41.7 Å². The van der Waals surface area contributed by atoms with E-state index in [0.29, 0.717) is 12.1 Å². The molecule has 166 valence electrons. The van der Waals surface area contributed by atoms with Gasteiger partial charge in [-0.3, -0.25) is 4.79 Å². The van der Waals surface area contributed by atoms with Crippen molar-refractivity contribution in [1.29, 1.82) is 0 Å². The van der Waals surface area contributed by atoms with Crippen LogP contribution in [0.2, 0.25) is 0 Å². The Balaban J connectivity index is 1.59. The zero-order valence-electron chi connectivity index (χ0n) is 17.5. The van der Waals surface area contributed by atoms with E-state index in [2.05, 4.69) is 15.9 Å². The fraction of sp³-hybridized carbons (Fsp3) is 0.208. The molecule has 0 radical (unpaired) electrons. The molecule has 0 fully saturated rings. The van der Waals surface area contributed by atoms with Crippen molar-refractivity contribution in [3.63, 3.8) is 0 Å². The molecule has 0 atom stereocenters. The highest BCUT2D eigenvalue weighted by molar-refractivity contribution is 9.10. The van der Waals surface area contributed by atoms with E-state index < -0.39 is 21.7 Å². The lowest BCUT2D eigenvalue weighted by Crippen LogP contribution is -2.36. The van der Waals surface area contributed by atoms with Crippen LogP contribution in [0.5, 0.6) is 0 Å². The first kappa shape index (κ1) is 22.6. The minimum absolute atomic E-state index is 0.00947. The number of para-hydroxylation sites is 1. The summed E-state index contributed by atoms with van der Waals surface area (Å²) in [5, 5.41) is 0. The summed E-state index contributed by atoms with van der Waals surface area (Å²) in [6.07, 6.45) is 1.68. The van der Waals surface area contributed by atoms with Gasteiger partial charge in [-0.1, -0.05) is 40.2 Å². The van der Waals surface area contributed by atoms with Gasteiger partial charge in [-0.2, -0.15) is 4.31 Å². The van der Waals surface area contributed by atoms with E-state index in [0.717, 1.165) is 28.6 Å². The Morgan fingerprint density at radius 1 is 1.09 bits per heavy atom. The van der Waals surface area contributed by atoms with Crippen LogP contribution in [0.4, 0.5) is 10.1 Å². The number of hydrogen-bond donors (Lipinski definition) is 0. The van der Waals surface area contributed by atoms with Crippen molar-refractivity contribution in [3.8, 4) is 0 Å². The van der Waals surface area contributed by atoms with Crippen molar-refractivity contribution < 1.29 is 17.6 Å². The molecule has 1 heterocycles. The summed E-state index contributed by atoms with van der Waals surface area (Å²) in [5.41, 5.74) is 2.32. The molecule has 1 aliphatic heterocycles. The molecule has 0 bridgehead atoms. The van der Waals surface area contributed by atoms with Gasteiger partial charge in [-0.15, -0.1) is 0 Å². The van der Waals surface area contributed by atoms with Crippen LogP contribution >= 0.6 is 15.9 Å². The Morgan fingerprint density at radius 3 is 2.56 bits per heavy atom. The molecule has 0 saturated carbocycles. The van der Waals surface area contributed by atoms with E-state index >= 15 is 0 Å². The minimum atomic E-state index is -3.73. The third-order valence-corrected chi connectivity index (χ3v) is 7.89. The van der Waals surface area contributed by atoms with Gasteiger partial charge in [0.15, 0.2) is 0 Å². The van der Waals surface area contributed by atoms with Gasteiger partial charge in [0, 0.05) is 30.3 Å². The quantitative estimate of drug-likeness (QED) is 0.479. The number of anilines is 1. The second kappa shape index (κ2) is 9.13. The third kappa shape index (κ3) is 4.48. The first-order valence-corrected chi connectivity index (χ1v) is 12.4. The largest absolute Gasteiger partial charge is 0.308 e. The molecule has 8 heteroatoms. The number of sulfonamides is 1. The number of nitrogens with zero attached hydrogens (tertiary/aromatic N) is 2. The van der Waals surface area contributed by atoms with Crippen LogP contribution < -0.4 is 4.90 Å². The summed E-state index contributed by atoms with van der Waals surface area (Å²) < 4.78 is 42.4. The van der Waals surface area contributed by atoms with Crippen molar-refractivity contribution in [1.82, 2.24) is 4.31 Å². The molecule has 0 aromatic heterocycles. The monoisotopic (exact) mass is 516 g/mol. The van der Waals surface area contributed by atoms with E-state index in [1.807, 2.05) is 24.3 Å². The van der Waals surface area contributed by atoms with Crippen molar-refractivity contribution in [2.45, 2.75) is 24.3 Å². The molecule has 1 aliphatic rings. The molecule has 0 N–H and O–H groups in total. The van der Waals surface area contributed by atoms with Crippen LogP contribution in [-0.4, -0.2) is 32.2 Å². The van der Waals surface area contributed by atoms with Crippen LogP contribution in [0.3, 0.4) is 0 Å².